The zero-order valence-corrected chi connectivity index (χ0v) is 16.0. The first-order chi connectivity index (χ1) is 12.6. The summed E-state index contributed by atoms with van der Waals surface area (Å²) in [6, 6.07) is 17.5. The predicted octanol–water partition coefficient (Wildman–Crippen LogP) is 5.06. The minimum atomic E-state index is -0.249. The van der Waals surface area contributed by atoms with E-state index in [4.69, 9.17) is 9.72 Å². The summed E-state index contributed by atoms with van der Waals surface area (Å²) in [4.78, 5) is 17.2. The monoisotopic (exact) mass is 366 g/mol. The minimum Gasteiger partial charge on any atom is -0.494 e. The number of benzene rings is 2. The molecule has 4 nitrogen and oxygen atoms in total. The molecule has 0 aliphatic carbocycles. The van der Waals surface area contributed by atoms with Gasteiger partial charge in [-0.2, -0.15) is 0 Å². The smallest absolute Gasteiger partial charge is 0.237 e. The van der Waals surface area contributed by atoms with Crippen molar-refractivity contribution in [2.45, 2.75) is 31.0 Å². The first kappa shape index (κ1) is 18.3. The third-order valence-corrected chi connectivity index (χ3v) is 5.14. The van der Waals surface area contributed by atoms with E-state index >= 15 is 0 Å². The van der Waals surface area contributed by atoms with Gasteiger partial charge in [-0.15, -0.1) is 0 Å². The average Bonchev–Trinajstić information content (AvgIpc) is 2.63. The number of thioether (sulfide) groups is 1. The molecular formula is C21H22N2O2S. The molecule has 3 aromatic rings. The van der Waals surface area contributed by atoms with Crippen LogP contribution in [-0.4, -0.2) is 22.7 Å². The van der Waals surface area contributed by atoms with Crippen LogP contribution in [0.3, 0.4) is 0 Å². The molecule has 1 amide bonds. The topological polar surface area (TPSA) is 51.2 Å². The zero-order chi connectivity index (χ0) is 18.5. The molecule has 0 spiro atoms. The highest BCUT2D eigenvalue weighted by Crippen LogP contribution is 2.29. The van der Waals surface area contributed by atoms with Gasteiger partial charge in [-0.3, -0.25) is 4.79 Å². The van der Waals surface area contributed by atoms with Crippen molar-refractivity contribution in [3.8, 4) is 5.75 Å². The van der Waals surface area contributed by atoms with Crippen LogP contribution < -0.4 is 10.1 Å². The highest BCUT2D eigenvalue weighted by Gasteiger charge is 2.17. The number of aromatic nitrogens is 1. The van der Waals surface area contributed by atoms with Crippen molar-refractivity contribution >= 4 is 34.3 Å². The zero-order valence-electron chi connectivity index (χ0n) is 15.2. The van der Waals surface area contributed by atoms with Gasteiger partial charge in [0.2, 0.25) is 5.91 Å². The summed E-state index contributed by atoms with van der Waals surface area (Å²) >= 11 is 1.47. The highest BCUT2D eigenvalue weighted by molar-refractivity contribution is 8.00. The second-order valence-corrected chi connectivity index (χ2v) is 7.34. The molecule has 5 heteroatoms. The molecule has 1 atom stereocenters. The van der Waals surface area contributed by atoms with Crippen LogP contribution in [-0.2, 0) is 4.79 Å². The summed E-state index contributed by atoms with van der Waals surface area (Å²) in [6.07, 6.45) is 0. The number of nitrogens with one attached hydrogen (secondary N) is 1. The summed E-state index contributed by atoms with van der Waals surface area (Å²) in [5.74, 6) is 0.811. The Morgan fingerprint density at radius 2 is 1.96 bits per heavy atom. The molecular weight excluding hydrogens is 344 g/mol. The maximum absolute atomic E-state index is 12.4. The molecule has 0 aliphatic rings. The maximum Gasteiger partial charge on any atom is 0.237 e. The second-order valence-electron chi connectivity index (χ2n) is 6.01. The summed E-state index contributed by atoms with van der Waals surface area (Å²) in [5, 5.41) is 4.60. The lowest BCUT2D eigenvalue weighted by molar-refractivity contribution is -0.115. The molecule has 0 fully saturated rings. The van der Waals surface area contributed by atoms with E-state index < -0.39 is 0 Å². The standard InChI is InChI=1S/C21H22N2O2S/c1-4-25-18-10-11-19-16(13-18)12-14(2)21(23-19)26-15(3)20(24)22-17-8-6-5-7-9-17/h5-13,15H,4H2,1-3H3,(H,22,24). The van der Waals surface area contributed by atoms with E-state index in [9.17, 15) is 4.79 Å². The van der Waals surface area contributed by atoms with Gasteiger partial charge in [0.15, 0.2) is 0 Å². The van der Waals surface area contributed by atoms with Crippen LogP contribution in [0.5, 0.6) is 5.75 Å². The number of aryl methyl sites for hydroxylation is 1. The minimum absolute atomic E-state index is 0.0332. The van der Waals surface area contributed by atoms with Gasteiger partial charge in [0.1, 0.15) is 10.8 Å². The van der Waals surface area contributed by atoms with Crippen molar-refractivity contribution in [1.82, 2.24) is 4.98 Å². The van der Waals surface area contributed by atoms with Gasteiger partial charge in [0.05, 0.1) is 17.4 Å². The molecule has 0 saturated heterocycles. The number of ether oxygens (including phenoxy) is 1. The number of nitrogens with zero attached hydrogens (tertiary/aromatic N) is 1. The molecule has 1 aromatic heterocycles. The fourth-order valence-electron chi connectivity index (χ4n) is 2.60. The number of carbonyl (C=O) groups is 1. The summed E-state index contributed by atoms with van der Waals surface area (Å²) < 4.78 is 5.55. The van der Waals surface area contributed by atoms with Gasteiger partial charge in [-0.25, -0.2) is 4.98 Å². The number of carbonyl (C=O) groups excluding carboxylic acids is 1. The fraction of sp³-hybridized carbons (Fsp3) is 0.238. The molecule has 0 bridgehead atoms. The molecule has 0 radical (unpaired) electrons. The second kappa shape index (κ2) is 8.23. The number of hydrogen-bond acceptors (Lipinski definition) is 4. The molecule has 3 rings (SSSR count). The van der Waals surface area contributed by atoms with E-state index in [1.165, 1.54) is 11.8 Å². The van der Waals surface area contributed by atoms with E-state index in [1.54, 1.807) is 0 Å². The molecule has 2 aromatic carbocycles. The van der Waals surface area contributed by atoms with Crippen LogP contribution in [0.1, 0.15) is 19.4 Å². The third kappa shape index (κ3) is 4.35. The molecule has 26 heavy (non-hydrogen) atoms. The van der Waals surface area contributed by atoms with Gasteiger partial charge < -0.3 is 10.1 Å². The Hall–Kier alpha value is -2.53. The lowest BCUT2D eigenvalue weighted by atomic mass is 10.1. The van der Waals surface area contributed by atoms with E-state index in [1.807, 2.05) is 69.3 Å². The van der Waals surface area contributed by atoms with Gasteiger partial charge in [-0.05, 0) is 62.7 Å². The summed E-state index contributed by atoms with van der Waals surface area (Å²) in [6.45, 7) is 6.52. The van der Waals surface area contributed by atoms with Crippen LogP contribution in [0.4, 0.5) is 5.69 Å². The normalized spacial score (nSPS) is 12.0. The van der Waals surface area contributed by atoms with Crippen molar-refractivity contribution in [2.24, 2.45) is 0 Å². The van der Waals surface area contributed by atoms with Gasteiger partial charge >= 0.3 is 0 Å². The Balaban J connectivity index is 1.76. The molecule has 0 saturated carbocycles. The lowest BCUT2D eigenvalue weighted by Gasteiger charge is -2.14. The van der Waals surface area contributed by atoms with Crippen molar-refractivity contribution in [1.29, 1.82) is 0 Å². The number of amides is 1. The Kier molecular flexibility index (Phi) is 5.78. The first-order valence-electron chi connectivity index (χ1n) is 8.63. The van der Waals surface area contributed by atoms with Gasteiger partial charge in [0, 0.05) is 11.1 Å². The van der Waals surface area contributed by atoms with E-state index in [0.29, 0.717) is 6.61 Å². The number of fused-ring (bicyclic) bond motifs is 1. The van der Waals surface area contributed by atoms with E-state index in [0.717, 1.165) is 32.9 Å². The fourth-order valence-corrected chi connectivity index (χ4v) is 3.50. The van der Waals surface area contributed by atoms with Crippen molar-refractivity contribution < 1.29 is 9.53 Å². The van der Waals surface area contributed by atoms with Gasteiger partial charge in [-0.1, -0.05) is 30.0 Å². The molecule has 1 N–H and O–H groups in total. The van der Waals surface area contributed by atoms with Crippen molar-refractivity contribution in [2.75, 3.05) is 11.9 Å². The summed E-state index contributed by atoms with van der Waals surface area (Å²) in [5.41, 5.74) is 2.75. The third-order valence-electron chi connectivity index (χ3n) is 3.94. The SMILES string of the molecule is CCOc1ccc2nc(SC(C)C(=O)Nc3ccccc3)c(C)cc2c1. The van der Waals surface area contributed by atoms with Crippen LogP contribution in [0.25, 0.3) is 10.9 Å². The molecule has 1 heterocycles. The molecule has 0 aliphatic heterocycles. The van der Waals surface area contributed by atoms with Gasteiger partial charge in [0.25, 0.3) is 0 Å². The van der Waals surface area contributed by atoms with E-state index in [2.05, 4.69) is 11.4 Å². The lowest BCUT2D eigenvalue weighted by Crippen LogP contribution is -2.22. The van der Waals surface area contributed by atoms with Crippen molar-refractivity contribution in [3.63, 3.8) is 0 Å². The predicted molar refractivity (Wildman–Crippen MR) is 108 cm³/mol. The summed E-state index contributed by atoms with van der Waals surface area (Å²) in [7, 11) is 0. The Bertz CT molecular complexity index is 913. The van der Waals surface area contributed by atoms with Crippen LogP contribution >= 0.6 is 11.8 Å². The Labute approximate surface area is 158 Å². The largest absolute Gasteiger partial charge is 0.494 e. The van der Waals surface area contributed by atoms with Crippen molar-refractivity contribution in [3.05, 3.63) is 60.2 Å². The van der Waals surface area contributed by atoms with Crippen LogP contribution in [0.15, 0.2) is 59.6 Å². The Morgan fingerprint density at radius 1 is 1.19 bits per heavy atom. The van der Waals surface area contributed by atoms with E-state index in [-0.39, 0.29) is 11.2 Å². The highest BCUT2D eigenvalue weighted by atomic mass is 32.2. The quantitative estimate of drug-likeness (QED) is 0.620. The number of pyridine rings is 1. The number of anilines is 1. The number of hydrogen-bond donors (Lipinski definition) is 1. The molecule has 1 unspecified atom stereocenters. The van der Waals surface area contributed by atoms with Crippen LogP contribution in [0.2, 0.25) is 0 Å². The number of rotatable bonds is 6. The average molecular weight is 366 g/mol. The maximum atomic E-state index is 12.4. The number of para-hydroxylation sites is 1. The Morgan fingerprint density at radius 3 is 2.69 bits per heavy atom. The van der Waals surface area contributed by atoms with Crippen LogP contribution in [0, 0.1) is 6.92 Å². The first-order valence-corrected chi connectivity index (χ1v) is 9.51. The molecule has 134 valence electrons.